The van der Waals surface area contributed by atoms with E-state index in [0.717, 1.165) is 64.4 Å². The van der Waals surface area contributed by atoms with E-state index in [1.165, 1.54) is 0 Å². The van der Waals surface area contributed by atoms with Crippen molar-refractivity contribution >= 4 is 0 Å². The van der Waals surface area contributed by atoms with Crippen LogP contribution in [0.4, 0.5) is 0 Å². The lowest BCUT2D eigenvalue weighted by molar-refractivity contribution is 0.0829. The standard InChI is InChI=1S/C14H26N6O/c1-3-13(19-8-6-18(2)7-9-19)14-15-16-17-20(14)11-12-5-4-10-21-12/h12-13H,3-11H2,1-2H3/t12-,13+/m0/s1. The molecule has 3 heterocycles. The van der Waals surface area contributed by atoms with Gasteiger partial charge in [0, 0.05) is 32.8 Å². The quantitative estimate of drug-likeness (QED) is 0.790. The largest absolute Gasteiger partial charge is 0.376 e. The maximum atomic E-state index is 5.72. The van der Waals surface area contributed by atoms with Gasteiger partial charge in [0.15, 0.2) is 5.82 Å². The summed E-state index contributed by atoms with van der Waals surface area (Å²) in [5.74, 6) is 0.998. The van der Waals surface area contributed by atoms with E-state index in [2.05, 4.69) is 39.3 Å². The third-order valence-electron chi connectivity index (χ3n) is 4.62. The van der Waals surface area contributed by atoms with Crippen LogP contribution in [-0.2, 0) is 11.3 Å². The fourth-order valence-corrected chi connectivity index (χ4v) is 3.30. The number of rotatable bonds is 5. The van der Waals surface area contributed by atoms with Crippen LogP contribution in [0.2, 0.25) is 0 Å². The Bertz CT molecular complexity index is 436. The lowest BCUT2D eigenvalue weighted by atomic mass is 10.1. The Kier molecular flexibility index (Phi) is 4.82. The zero-order valence-corrected chi connectivity index (χ0v) is 13.1. The highest BCUT2D eigenvalue weighted by molar-refractivity contribution is 4.95. The van der Waals surface area contributed by atoms with E-state index in [1.807, 2.05) is 4.68 Å². The van der Waals surface area contributed by atoms with Gasteiger partial charge >= 0.3 is 0 Å². The van der Waals surface area contributed by atoms with E-state index in [-0.39, 0.29) is 6.10 Å². The van der Waals surface area contributed by atoms with Crippen molar-refractivity contribution in [2.75, 3.05) is 39.8 Å². The minimum absolute atomic E-state index is 0.275. The molecule has 0 N–H and O–H groups in total. The molecule has 0 unspecified atom stereocenters. The van der Waals surface area contributed by atoms with Crippen molar-refractivity contribution in [2.24, 2.45) is 0 Å². The van der Waals surface area contributed by atoms with Gasteiger partial charge in [-0.25, -0.2) is 4.68 Å². The van der Waals surface area contributed by atoms with Gasteiger partial charge in [0.05, 0.1) is 18.7 Å². The molecule has 0 amide bonds. The predicted molar refractivity (Wildman–Crippen MR) is 78.9 cm³/mol. The van der Waals surface area contributed by atoms with Gasteiger partial charge in [0.25, 0.3) is 0 Å². The molecule has 0 aromatic carbocycles. The summed E-state index contributed by atoms with van der Waals surface area (Å²) in [5.41, 5.74) is 0. The zero-order valence-electron chi connectivity index (χ0n) is 13.1. The molecule has 2 atom stereocenters. The van der Waals surface area contributed by atoms with Gasteiger partial charge in [-0.15, -0.1) is 5.10 Å². The van der Waals surface area contributed by atoms with Crippen molar-refractivity contribution in [3.63, 3.8) is 0 Å². The van der Waals surface area contributed by atoms with Crippen LogP contribution >= 0.6 is 0 Å². The van der Waals surface area contributed by atoms with Crippen molar-refractivity contribution in [3.05, 3.63) is 5.82 Å². The van der Waals surface area contributed by atoms with E-state index in [1.54, 1.807) is 0 Å². The molecule has 2 aliphatic rings. The summed E-state index contributed by atoms with van der Waals surface area (Å²) in [6, 6.07) is 0.315. The Morgan fingerprint density at radius 1 is 1.29 bits per heavy atom. The zero-order chi connectivity index (χ0) is 14.7. The highest BCUT2D eigenvalue weighted by Crippen LogP contribution is 2.24. The number of likely N-dealkylation sites (N-methyl/N-ethyl adjacent to an activating group) is 1. The van der Waals surface area contributed by atoms with Gasteiger partial charge in [0.2, 0.25) is 0 Å². The molecule has 0 aliphatic carbocycles. The molecule has 0 spiro atoms. The normalized spacial score (nSPS) is 26.3. The topological polar surface area (TPSA) is 59.3 Å². The molecule has 0 radical (unpaired) electrons. The second-order valence-electron chi connectivity index (χ2n) is 6.12. The number of ether oxygens (including phenoxy) is 1. The van der Waals surface area contributed by atoms with Crippen LogP contribution < -0.4 is 0 Å². The van der Waals surface area contributed by atoms with Gasteiger partial charge in [-0.05, 0) is 36.7 Å². The maximum Gasteiger partial charge on any atom is 0.168 e. The van der Waals surface area contributed by atoms with Crippen LogP contribution in [-0.4, -0.2) is 75.9 Å². The summed E-state index contributed by atoms with van der Waals surface area (Å²) in [7, 11) is 2.18. The van der Waals surface area contributed by atoms with Crippen molar-refractivity contribution in [2.45, 2.75) is 44.9 Å². The van der Waals surface area contributed by atoms with E-state index >= 15 is 0 Å². The summed E-state index contributed by atoms with van der Waals surface area (Å²) in [5, 5.41) is 12.4. The molecule has 7 heteroatoms. The summed E-state index contributed by atoms with van der Waals surface area (Å²) in [6.07, 6.45) is 3.58. The lowest BCUT2D eigenvalue weighted by Crippen LogP contribution is -2.46. The first kappa shape index (κ1) is 14.9. The Labute approximate surface area is 126 Å². The first-order valence-electron chi connectivity index (χ1n) is 8.08. The molecule has 3 rings (SSSR count). The van der Waals surface area contributed by atoms with Crippen LogP contribution in [0.3, 0.4) is 0 Å². The number of nitrogens with zero attached hydrogens (tertiary/aromatic N) is 6. The smallest absolute Gasteiger partial charge is 0.168 e. The van der Waals surface area contributed by atoms with Crippen molar-refractivity contribution in [1.29, 1.82) is 0 Å². The van der Waals surface area contributed by atoms with Crippen LogP contribution in [0.25, 0.3) is 0 Å². The molecule has 1 aromatic rings. The minimum atomic E-state index is 0.275. The summed E-state index contributed by atoms with van der Waals surface area (Å²) in [6.45, 7) is 8.27. The molecule has 21 heavy (non-hydrogen) atoms. The molecule has 2 saturated heterocycles. The molecule has 0 bridgehead atoms. The third-order valence-corrected chi connectivity index (χ3v) is 4.62. The number of tetrazole rings is 1. The lowest BCUT2D eigenvalue weighted by Gasteiger charge is -2.37. The van der Waals surface area contributed by atoms with E-state index in [0.29, 0.717) is 6.04 Å². The third kappa shape index (κ3) is 3.41. The second-order valence-corrected chi connectivity index (χ2v) is 6.12. The van der Waals surface area contributed by atoms with Gasteiger partial charge in [0.1, 0.15) is 0 Å². The molecule has 7 nitrogen and oxygen atoms in total. The van der Waals surface area contributed by atoms with Gasteiger partial charge in [-0.1, -0.05) is 6.92 Å². The van der Waals surface area contributed by atoms with Crippen LogP contribution in [0.15, 0.2) is 0 Å². The van der Waals surface area contributed by atoms with Crippen molar-refractivity contribution in [3.8, 4) is 0 Å². The van der Waals surface area contributed by atoms with Crippen LogP contribution in [0.5, 0.6) is 0 Å². The van der Waals surface area contributed by atoms with Crippen LogP contribution in [0.1, 0.15) is 38.1 Å². The van der Waals surface area contributed by atoms with E-state index in [4.69, 9.17) is 4.74 Å². The molecule has 118 valence electrons. The number of hydrogen-bond acceptors (Lipinski definition) is 6. The molecular weight excluding hydrogens is 268 g/mol. The Hall–Kier alpha value is -1.05. The Morgan fingerprint density at radius 2 is 2.10 bits per heavy atom. The van der Waals surface area contributed by atoms with E-state index in [9.17, 15) is 0 Å². The summed E-state index contributed by atoms with van der Waals surface area (Å²) in [4.78, 5) is 4.89. The second kappa shape index (κ2) is 6.81. The van der Waals surface area contributed by atoms with Gasteiger partial charge < -0.3 is 9.64 Å². The SMILES string of the molecule is CC[C@H](c1nnnn1C[C@@H]1CCCO1)N1CCN(C)CC1. The van der Waals surface area contributed by atoms with Gasteiger partial charge in [-0.2, -0.15) is 0 Å². The van der Waals surface area contributed by atoms with Crippen molar-refractivity contribution < 1.29 is 4.74 Å². The monoisotopic (exact) mass is 294 g/mol. The molecule has 0 saturated carbocycles. The fourth-order valence-electron chi connectivity index (χ4n) is 3.30. The molecule has 1 aromatic heterocycles. The first-order chi connectivity index (χ1) is 10.3. The predicted octanol–water partition coefficient (Wildman–Crippen LogP) is 0.551. The highest BCUT2D eigenvalue weighted by Gasteiger charge is 2.28. The Balaban J connectivity index is 1.70. The molecule has 2 fully saturated rings. The van der Waals surface area contributed by atoms with Gasteiger partial charge in [-0.3, -0.25) is 4.90 Å². The average molecular weight is 294 g/mol. The first-order valence-corrected chi connectivity index (χ1v) is 8.08. The highest BCUT2D eigenvalue weighted by atomic mass is 16.5. The molecular formula is C14H26N6O. The average Bonchev–Trinajstić information content (AvgIpc) is 3.15. The minimum Gasteiger partial charge on any atom is -0.376 e. The fraction of sp³-hybridized carbons (Fsp3) is 0.929. The summed E-state index contributed by atoms with van der Waals surface area (Å²) >= 11 is 0. The van der Waals surface area contributed by atoms with Crippen molar-refractivity contribution in [1.82, 2.24) is 30.0 Å². The number of aromatic nitrogens is 4. The maximum absolute atomic E-state index is 5.72. The number of piperazine rings is 1. The van der Waals surface area contributed by atoms with E-state index < -0.39 is 0 Å². The Morgan fingerprint density at radius 3 is 2.76 bits per heavy atom. The summed E-state index contributed by atoms with van der Waals surface area (Å²) < 4.78 is 7.68. The van der Waals surface area contributed by atoms with Crippen LogP contribution in [0, 0.1) is 0 Å². The molecule has 2 aliphatic heterocycles. The number of hydrogen-bond donors (Lipinski definition) is 0.